The molecule has 0 saturated carbocycles. The number of nitrogens with one attached hydrogen (secondary N) is 1. The van der Waals surface area contributed by atoms with E-state index in [1.165, 1.54) is 0 Å². The second-order valence-electron chi connectivity index (χ2n) is 6.00. The highest BCUT2D eigenvalue weighted by Gasteiger charge is 2.20. The zero-order valence-corrected chi connectivity index (χ0v) is 15.9. The molecule has 1 aromatic heterocycles. The monoisotopic (exact) mass is 376 g/mol. The molecule has 0 fully saturated rings. The lowest BCUT2D eigenvalue weighted by atomic mass is 10.1. The molecule has 1 heterocycles. The maximum atomic E-state index is 12.7. The second-order valence-corrected chi connectivity index (χ2v) is 8.70. The first-order valence-corrected chi connectivity index (χ1v) is 10.3. The molecule has 2 aromatic carbocycles. The van der Waals surface area contributed by atoms with E-state index in [0.717, 1.165) is 28.0 Å². The molecule has 1 N–H and O–H groups in total. The van der Waals surface area contributed by atoms with Crippen molar-refractivity contribution in [2.75, 3.05) is 0 Å². The molecule has 7 heteroatoms. The average molecular weight is 377 g/mol. The van der Waals surface area contributed by atoms with Crippen molar-refractivity contribution in [1.29, 1.82) is 0 Å². The number of rotatable bonds is 5. The quantitative estimate of drug-likeness (QED) is 0.742. The van der Waals surface area contributed by atoms with Crippen molar-refractivity contribution in [2.24, 2.45) is 0 Å². The predicted octanol–water partition coefficient (Wildman–Crippen LogP) is 3.43. The van der Waals surface area contributed by atoms with Crippen LogP contribution in [-0.2, 0) is 16.6 Å². The van der Waals surface area contributed by atoms with Gasteiger partial charge in [-0.25, -0.2) is 13.1 Å². The topological polar surface area (TPSA) is 68.2 Å². The average Bonchev–Trinajstić information content (AvgIpc) is 2.89. The summed E-state index contributed by atoms with van der Waals surface area (Å²) >= 11 is 1.07. The summed E-state index contributed by atoms with van der Waals surface area (Å²) in [4.78, 5) is 12.0. The van der Waals surface area contributed by atoms with Crippen molar-refractivity contribution < 1.29 is 8.42 Å². The fourth-order valence-corrected chi connectivity index (χ4v) is 5.06. The maximum Gasteiger partial charge on any atom is 0.308 e. The number of sulfonamides is 1. The molecular weight excluding hydrogens is 356 g/mol. The Bertz CT molecular complexity index is 1060. The number of thiazole rings is 1. The SMILES string of the molecule is CCn1c(=O)sc2cc(S(=O)(=O)N[C@H](C)c3ccc(C)cc3)ccc21. The van der Waals surface area contributed by atoms with Crippen LogP contribution in [0.5, 0.6) is 0 Å². The minimum Gasteiger partial charge on any atom is -0.299 e. The first-order chi connectivity index (χ1) is 11.8. The van der Waals surface area contributed by atoms with E-state index in [-0.39, 0.29) is 15.8 Å². The minimum absolute atomic E-state index is 0.0759. The number of benzene rings is 2. The molecule has 3 aromatic rings. The van der Waals surface area contributed by atoms with E-state index in [4.69, 9.17) is 0 Å². The van der Waals surface area contributed by atoms with Crippen molar-refractivity contribution in [3.63, 3.8) is 0 Å². The molecule has 5 nitrogen and oxygen atoms in total. The molecule has 0 saturated heterocycles. The molecule has 0 amide bonds. The van der Waals surface area contributed by atoms with Crippen LogP contribution in [0, 0.1) is 6.92 Å². The lowest BCUT2D eigenvalue weighted by Crippen LogP contribution is -2.26. The van der Waals surface area contributed by atoms with Crippen LogP contribution in [0.4, 0.5) is 0 Å². The van der Waals surface area contributed by atoms with Gasteiger partial charge in [-0.05, 0) is 44.5 Å². The Morgan fingerprint density at radius 2 is 1.84 bits per heavy atom. The van der Waals surface area contributed by atoms with Crippen molar-refractivity contribution in [1.82, 2.24) is 9.29 Å². The first-order valence-electron chi connectivity index (χ1n) is 8.04. The van der Waals surface area contributed by atoms with Crippen molar-refractivity contribution in [3.8, 4) is 0 Å². The van der Waals surface area contributed by atoms with Crippen LogP contribution >= 0.6 is 11.3 Å². The van der Waals surface area contributed by atoms with Gasteiger partial charge in [0.1, 0.15) is 0 Å². The van der Waals surface area contributed by atoms with Crippen LogP contribution in [0.1, 0.15) is 31.0 Å². The van der Waals surface area contributed by atoms with Crippen LogP contribution in [0.3, 0.4) is 0 Å². The number of aryl methyl sites for hydroxylation is 2. The third-order valence-electron chi connectivity index (χ3n) is 4.18. The highest BCUT2D eigenvalue weighted by atomic mass is 32.2. The molecule has 0 unspecified atom stereocenters. The van der Waals surface area contributed by atoms with E-state index >= 15 is 0 Å². The van der Waals surface area contributed by atoms with Gasteiger partial charge in [-0.1, -0.05) is 41.2 Å². The van der Waals surface area contributed by atoms with Crippen LogP contribution in [0.15, 0.2) is 52.2 Å². The minimum atomic E-state index is -3.67. The standard InChI is InChI=1S/C18H20N2O3S2/c1-4-20-16-10-9-15(11-17(16)24-18(20)21)25(22,23)19-13(3)14-7-5-12(2)6-8-14/h5-11,13,19H,4H2,1-3H3/t13-/m1/s1. The van der Waals surface area contributed by atoms with Crippen molar-refractivity contribution in [2.45, 2.75) is 38.3 Å². The molecule has 0 bridgehead atoms. The highest BCUT2D eigenvalue weighted by molar-refractivity contribution is 7.89. The fourth-order valence-electron chi connectivity index (χ4n) is 2.74. The van der Waals surface area contributed by atoms with Gasteiger partial charge in [0.15, 0.2) is 0 Å². The van der Waals surface area contributed by atoms with E-state index in [1.54, 1.807) is 22.8 Å². The molecule has 0 aliphatic rings. The highest BCUT2D eigenvalue weighted by Crippen LogP contribution is 2.23. The summed E-state index contributed by atoms with van der Waals surface area (Å²) in [7, 11) is -3.67. The van der Waals surface area contributed by atoms with Gasteiger partial charge in [0.05, 0.1) is 15.1 Å². The fraction of sp³-hybridized carbons (Fsp3) is 0.278. The normalized spacial score (nSPS) is 13.2. The molecular formula is C18H20N2O3S2. The molecule has 0 aliphatic heterocycles. The third kappa shape index (κ3) is 3.53. The molecule has 1 atom stereocenters. The first kappa shape index (κ1) is 17.8. The van der Waals surface area contributed by atoms with Crippen molar-refractivity contribution in [3.05, 3.63) is 63.3 Å². The van der Waals surface area contributed by atoms with Crippen LogP contribution in [-0.4, -0.2) is 13.0 Å². The Labute approximate surface area is 151 Å². The summed E-state index contributed by atoms with van der Waals surface area (Å²) in [6.45, 7) is 6.26. The summed E-state index contributed by atoms with van der Waals surface area (Å²) < 4.78 is 30.4. The molecule has 0 spiro atoms. The second kappa shape index (κ2) is 6.74. The molecule has 132 valence electrons. The molecule has 25 heavy (non-hydrogen) atoms. The number of hydrogen-bond acceptors (Lipinski definition) is 4. The van der Waals surface area contributed by atoms with Gasteiger partial charge < -0.3 is 0 Å². The smallest absolute Gasteiger partial charge is 0.299 e. The van der Waals surface area contributed by atoms with E-state index in [9.17, 15) is 13.2 Å². The van der Waals surface area contributed by atoms with Crippen LogP contribution in [0.25, 0.3) is 10.2 Å². The van der Waals surface area contributed by atoms with Gasteiger partial charge in [0.25, 0.3) is 0 Å². The Morgan fingerprint density at radius 3 is 2.48 bits per heavy atom. The zero-order valence-electron chi connectivity index (χ0n) is 14.3. The number of hydrogen-bond donors (Lipinski definition) is 1. The van der Waals surface area contributed by atoms with E-state index in [2.05, 4.69) is 4.72 Å². The predicted molar refractivity (Wildman–Crippen MR) is 102 cm³/mol. The number of nitrogens with zero attached hydrogens (tertiary/aromatic N) is 1. The van der Waals surface area contributed by atoms with E-state index in [1.807, 2.05) is 45.0 Å². The zero-order chi connectivity index (χ0) is 18.2. The lowest BCUT2D eigenvalue weighted by Gasteiger charge is -2.15. The Morgan fingerprint density at radius 1 is 1.16 bits per heavy atom. The Hall–Kier alpha value is -1.96. The van der Waals surface area contributed by atoms with Crippen LogP contribution in [0.2, 0.25) is 0 Å². The molecule has 3 rings (SSSR count). The summed E-state index contributed by atoms with van der Waals surface area (Å²) in [5.41, 5.74) is 2.79. The van der Waals surface area contributed by atoms with Gasteiger partial charge >= 0.3 is 4.87 Å². The number of fused-ring (bicyclic) bond motifs is 1. The third-order valence-corrected chi connectivity index (χ3v) is 6.66. The Balaban J connectivity index is 1.92. The summed E-state index contributed by atoms with van der Waals surface area (Å²) in [5, 5.41) is 0. The van der Waals surface area contributed by atoms with Gasteiger partial charge in [-0.2, -0.15) is 0 Å². The van der Waals surface area contributed by atoms with Crippen LogP contribution < -0.4 is 9.60 Å². The maximum absolute atomic E-state index is 12.7. The van der Waals surface area contributed by atoms with Gasteiger partial charge in [-0.3, -0.25) is 9.36 Å². The van der Waals surface area contributed by atoms with Gasteiger partial charge in [0.2, 0.25) is 10.0 Å². The largest absolute Gasteiger partial charge is 0.308 e. The van der Waals surface area contributed by atoms with Gasteiger partial charge in [-0.15, -0.1) is 0 Å². The van der Waals surface area contributed by atoms with E-state index in [0.29, 0.717) is 11.2 Å². The van der Waals surface area contributed by atoms with E-state index < -0.39 is 10.0 Å². The van der Waals surface area contributed by atoms with Gasteiger partial charge in [0, 0.05) is 12.6 Å². The van der Waals surface area contributed by atoms with Crippen molar-refractivity contribution >= 4 is 31.6 Å². The summed E-state index contributed by atoms with van der Waals surface area (Å²) in [5.74, 6) is 0. The number of aromatic nitrogens is 1. The Kier molecular flexibility index (Phi) is 4.81. The molecule has 0 aliphatic carbocycles. The summed E-state index contributed by atoms with van der Waals surface area (Å²) in [6, 6.07) is 12.2. The molecule has 0 radical (unpaired) electrons. The summed E-state index contributed by atoms with van der Waals surface area (Å²) in [6.07, 6.45) is 0. The lowest BCUT2D eigenvalue weighted by molar-refractivity contribution is 0.567.